The van der Waals surface area contributed by atoms with Crippen LogP contribution in [0.1, 0.15) is 13.3 Å². The summed E-state index contributed by atoms with van der Waals surface area (Å²) >= 11 is 0. The molecule has 0 spiro atoms. The first-order chi connectivity index (χ1) is 7.96. The fraction of sp³-hybridized carbons (Fsp3) is 0.800. The van der Waals surface area contributed by atoms with Crippen molar-refractivity contribution >= 4 is 11.7 Å². The third-order valence-electron chi connectivity index (χ3n) is 2.77. The summed E-state index contributed by atoms with van der Waals surface area (Å²) in [7, 11) is 0. The van der Waals surface area contributed by atoms with Crippen LogP contribution in [0.3, 0.4) is 0 Å². The highest BCUT2D eigenvalue weighted by atomic mass is 16.5. The maximum atomic E-state index is 11.4. The minimum atomic E-state index is -0.873. The quantitative estimate of drug-likeness (QED) is 0.253. The molecule has 0 amide bonds. The average molecular weight is 247 g/mol. The van der Waals surface area contributed by atoms with Gasteiger partial charge in [-0.25, -0.2) is 4.79 Å². The van der Waals surface area contributed by atoms with E-state index in [0.717, 1.165) is 0 Å². The molecule has 7 N–H and O–H groups in total. The minimum absolute atomic E-state index is 0.0210. The largest absolute Gasteiger partial charge is 0.460 e. The van der Waals surface area contributed by atoms with E-state index in [9.17, 15) is 4.79 Å². The van der Waals surface area contributed by atoms with E-state index >= 15 is 0 Å². The van der Waals surface area contributed by atoms with Crippen molar-refractivity contribution in [2.45, 2.75) is 19.4 Å². The zero-order valence-electron chi connectivity index (χ0n) is 9.98. The minimum Gasteiger partial charge on any atom is -0.460 e. The number of esters is 1. The lowest BCUT2D eigenvalue weighted by Gasteiger charge is -2.27. The van der Waals surface area contributed by atoms with Crippen molar-refractivity contribution < 1.29 is 19.7 Å². The number of hydrogen-bond acceptors (Lipinski definition) is 7. The monoisotopic (exact) mass is 247 g/mol. The Morgan fingerprint density at radius 2 is 2.00 bits per heavy atom. The van der Waals surface area contributed by atoms with E-state index in [0.29, 0.717) is 6.42 Å². The fourth-order valence-electron chi connectivity index (χ4n) is 1.03. The lowest BCUT2D eigenvalue weighted by molar-refractivity contribution is -0.141. The smallest absolute Gasteiger partial charge is 0.353 e. The van der Waals surface area contributed by atoms with Crippen LogP contribution in [0.5, 0.6) is 0 Å². The molecule has 0 aromatic carbocycles. The summed E-state index contributed by atoms with van der Waals surface area (Å²) in [5, 5.41) is 25.6. The van der Waals surface area contributed by atoms with Gasteiger partial charge in [0.15, 0.2) is 0 Å². The van der Waals surface area contributed by atoms with Gasteiger partial charge in [-0.05, 0) is 6.42 Å². The van der Waals surface area contributed by atoms with Gasteiger partial charge in [-0.2, -0.15) is 0 Å². The molecule has 0 bridgehead atoms. The van der Waals surface area contributed by atoms with Gasteiger partial charge in [0.25, 0.3) is 0 Å². The molecule has 0 saturated carbocycles. The van der Waals surface area contributed by atoms with Crippen LogP contribution in [0.2, 0.25) is 0 Å². The molecule has 100 valence electrons. The second kappa shape index (κ2) is 7.33. The highest BCUT2D eigenvalue weighted by Crippen LogP contribution is 2.20. The number of nitrogens with one attached hydrogen (secondary N) is 1. The zero-order chi connectivity index (χ0) is 13.5. The molecule has 0 radical (unpaired) electrons. The molecule has 1 unspecified atom stereocenters. The summed E-state index contributed by atoms with van der Waals surface area (Å²) in [6.07, 6.45) is 0.448. The molecule has 7 nitrogen and oxygen atoms in total. The third kappa shape index (κ3) is 4.39. The number of carbonyl (C=O) groups is 1. The van der Waals surface area contributed by atoms with Crippen LogP contribution in [-0.4, -0.2) is 54.3 Å². The maximum Gasteiger partial charge on any atom is 0.353 e. The Balaban J connectivity index is 4.36. The third-order valence-corrected chi connectivity index (χ3v) is 2.77. The highest BCUT2D eigenvalue weighted by molar-refractivity contribution is 6.37. The van der Waals surface area contributed by atoms with Crippen LogP contribution in [-0.2, 0) is 9.53 Å². The summed E-state index contributed by atoms with van der Waals surface area (Å²) in [6, 6.07) is -0.859. The van der Waals surface area contributed by atoms with Crippen LogP contribution < -0.4 is 11.5 Å². The van der Waals surface area contributed by atoms with Crippen LogP contribution in [0.25, 0.3) is 0 Å². The standard InChI is InChI=1S/C10H21N3O4/c1-2-10(4-14,5-15)6-17-9(16)8(13)7(12)3-11/h7,13-15H,2-6,11-12H2,1H3. The lowest BCUT2D eigenvalue weighted by Crippen LogP contribution is -2.43. The molecule has 7 heteroatoms. The van der Waals surface area contributed by atoms with Gasteiger partial charge in [0, 0.05) is 6.54 Å². The summed E-state index contributed by atoms with van der Waals surface area (Å²) in [6.45, 7) is 0.978. The van der Waals surface area contributed by atoms with Crippen molar-refractivity contribution in [1.29, 1.82) is 5.41 Å². The molecule has 0 aliphatic rings. The van der Waals surface area contributed by atoms with Crippen molar-refractivity contribution in [1.82, 2.24) is 0 Å². The van der Waals surface area contributed by atoms with Crippen LogP contribution in [0.15, 0.2) is 0 Å². The Hall–Kier alpha value is -1.02. The van der Waals surface area contributed by atoms with Crippen molar-refractivity contribution in [3.05, 3.63) is 0 Å². The Kier molecular flexibility index (Phi) is 6.89. The van der Waals surface area contributed by atoms with Gasteiger partial charge in [-0.1, -0.05) is 6.92 Å². The molecule has 0 aliphatic heterocycles. The number of aliphatic hydroxyl groups excluding tert-OH is 2. The molecule has 0 heterocycles. The van der Waals surface area contributed by atoms with Crippen LogP contribution in [0.4, 0.5) is 0 Å². The summed E-state index contributed by atoms with van der Waals surface area (Å²) in [5.74, 6) is -0.873. The van der Waals surface area contributed by atoms with Crippen molar-refractivity contribution in [2.24, 2.45) is 16.9 Å². The highest BCUT2D eigenvalue weighted by Gasteiger charge is 2.30. The maximum absolute atomic E-state index is 11.4. The molecule has 17 heavy (non-hydrogen) atoms. The lowest BCUT2D eigenvalue weighted by atomic mass is 9.88. The molecule has 1 atom stereocenters. The van der Waals surface area contributed by atoms with Crippen molar-refractivity contribution in [3.8, 4) is 0 Å². The molecular weight excluding hydrogens is 226 g/mol. The SMILES string of the molecule is CCC(CO)(CO)COC(=O)C(=N)C(N)CN. The van der Waals surface area contributed by atoms with E-state index in [1.54, 1.807) is 6.92 Å². The Morgan fingerprint density at radius 3 is 2.35 bits per heavy atom. The van der Waals surface area contributed by atoms with E-state index in [-0.39, 0.29) is 26.4 Å². The Morgan fingerprint density at radius 1 is 1.47 bits per heavy atom. The van der Waals surface area contributed by atoms with Crippen molar-refractivity contribution in [3.63, 3.8) is 0 Å². The van der Waals surface area contributed by atoms with Gasteiger partial charge in [0.05, 0.1) is 24.7 Å². The van der Waals surface area contributed by atoms with E-state index in [1.165, 1.54) is 0 Å². The van der Waals surface area contributed by atoms with Gasteiger partial charge in [-0.15, -0.1) is 0 Å². The summed E-state index contributed by atoms with van der Waals surface area (Å²) < 4.78 is 4.85. The molecule has 0 aromatic heterocycles. The van der Waals surface area contributed by atoms with E-state index < -0.39 is 23.1 Å². The number of rotatable bonds is 8. The fourth-order valence-corrected chi connectivity index (χ4v) is 1.03. The van der Waals surface area contributed by atoms with Crippen molar-refractivity contribution in [2.75, 3.05) is 26.4 Å². The van der Waals surface area contributed by atoms with Crippen LogP contribution >= 0.6 is 0 Å². The topological polar surface area (TPSA) is 143 Å². The second-order valence-corrected chi connectivity index (χ2v) is 4.00. The van der Waals surface area contributed by atoms with Crippen LogP contribution in [0, 0.1) is 10.8 Å². The molecule has 0 saturated heterocycles. The molecule has 0 aromatic rings. The van der Waals surface area contributed by atoms with Gasteiger partial charge in [-0.3, -0.25) is 5.41 Å². The average Bonchev–Trinajstić information content (AvgIpc) is 2.38. The molecule has 0 rings (SSSR count). The summed E-state index contributed by atoms with van der Waals surface area (Å²) in [4.78, 5) is 11.4. The Labute approximate surface area is 100 Å². The zero-order valence-corrected chi connectivity index (χ0v) is 9.98. The number of hydrogen-bond donors (Lipinski definition) is 5. The first-order valence-electron chi connectivity index (χ1n) is 5.39. The van der Waals surface area contributed by atoms with Gasteiger partial charge in [0.2, 0.25) is 0 Å². The number of carbonyl (C=O) groups excluding carboxylic acids is 1. The van der Waals surface area contributed by atoms with Gasteiger partial charge >= 0.3 is 5.97 Å². The number of nitrogens with two attached hydrogens (primary N) is 2. The van der Waals surface area contributed by atoms with Gasteiger partial charge in [0.1, 0.15) is 12.3 Å². The van der Waals surface area contributed by atoms with E-state index in [1.807, 2.05) is 0 Å². The molecular formula is C10H21N3O4. The predicted octanol–water partition coefficient (Wildman–Crippen LogP) is -1.78. The summed E-state index contributed by atoms with van der Waals surface area (Å²) in [5.41, 5.74) is 9.34. The molecule has 0 fully saturated rings. The predicted molar refractivity (Wildman–Crippen MR) is 62.6 cm³/mol. The first-order valence-corrected chi connectivity index (χ1v) is 5.39. The first kappa shape index (κ1) is 16.0. The number of ether oxygens (including phenoxy) is 1. The van der Waals surface area contributed by atoms with E-state index in [4.69, 9.17) is 31.8 Å². The number of aliphatic hydroxyl groups is 2. The second-order valence-electron chi connectivity index (χ2n) is 4.00. The molecule has 0 aliphatic carbocycles. The van der Waals surface area contributed by atoms with E-state index in [2.05, 4.69) is 0 Å². The normalized spacial score (nSPS) is 13.2. The van der Waals surface area contributed by atoms with Gasteiger partial charge < -0.3 is 26.4 Å². The Bertz CT molecular complexity index is 258.